The van der Waals surface area contributed by atoms with E-state index in [1.165, 1.54) is 0 Å². The van der Waals surface area contributed by atoms with Gasteiger partial charge in [-0.05, 0) is 25.7 Å². The van der Waals surface area contributed by atoms with Gasteiger partial charge in [-0.2, -0.15) is 0 Å². The highest BCUT2D eigenvalue weighted by molar-refractivity contribution is 5.75. The molecule has 2 unspecified atom stereocenters. The maximum Gasteiger partial charge on any atom is 0.310 e. The number of carboxylic acids is 1. The van der Waals surface area contributed by atoms with Gasteiger partial charge in [0.15, 0.2) is 0 Å². The Morgan fingerprint density at radius 3 is 2.64 bits per heavy atom. The Bertz CT molecular complexity index is 248. The highest BCUT2D eigenvalue weighted by Crippen LogP contribution is 2.43. The minimum Gasteiger partial charge on any atom is -0.481 e. The van der Waals surface area contributed by atoms with E-state index in [1.54, 1.807) is 0 Å². The molecule has 2 fully saturated rings. The zero-order valence-corrected chi connectivity index (χ0v) is 8.99. The fourth-order valence-electron chi connectivity index (χ4n) is 2.98. The van der Waals surface area contributed by atoms with Crippen LogP contribution in [0.2, 0.25) is 0 Å². The van der Waals surface area contributed by atoms with Crippen LogP contribution in [-0.2, 0) is 4.79 Å². The third-order valence-corrected chi connectivity index (χ3v) is 3.93. The quantitative estimate of drug-likeness (QED) is 0.730. The van der Waals surface area contributed by atoms with Gasteiger partial charge in [0.1, 0.15) is 0 Å². The average Bonchev–Trinajstić information content (AvgIpc) is 2.43. The molecule has 1 saturated heterocycles. The molecule has 0 aromatic heterocycles. The molecule has 1 aliphatic carbocycles. The maximum atomic E-state index is 11.2. The number of hydrogen-bond donors (Lipinski definition) is 1. The molecule has 14 heavy (non-hydrogen) atoms. The third-order valence-electron chi connectivity index (χ3n) is 3.93. The smallest absolute Gasteiger partial charge is 0.310 e. The van der Waals surface area contributed by atoms with Crippen LogP contribution in [0.1, 0.15) is 33.1 Å². The van der Waals surface area contributed by atoms with Crippen molar-refractivity contribution in [2.45, 2.75) is 39.2 Å². The third kappa shape index (κ3) is 1.34. The van der Waals surface area contributed by atoms with E-state index in [2.05, 4.69) is 11.8 Å². The minimum atomic E-state index is -0.612. The van der Waals surface area contributed by atoms with Gasteiger partial charge < -0.3 is 5.11 Å². The van der Waals surface area contributed by atoms with Crippen molar-refractivity contribution in [1.29, 1.82) is 0 Å². The normalized spacial score (nSPS) is 39.7. The van der Waals surface area contributed by atoms with E-state index in [0.29, 0.717) is 0 Å². The first-order valence-corrected chi connectivity index (χ1v) is 5.51. The van der Waals surface area contributed by atoms with Gasteiger partial charge in [0, 0.05) is 19.1 Å². The summed E-state index contributed by atoms with van der Waals surface area (Å²) in [7, 11) is 0. The van der Waals surface area contributed by atoms with Gasteiger partial charge in [-0.3, -0.25) is 9.69 Å². The summed E-state index contributed by atoms with van der Waals surface area (Å²) in [6.07, 6.45) is 2.98. The van der Waals surface area contributed by atoms with Gasteiger partial charge in [-0.15, -0.1) is 0 Å². The average molecular weight is 197 g/mol. The van der Waals surface area contributed by atoms with Crippen LogP contribution in [0, 0.1) is 11.3 Å². The lowest BCUT2D eigenvalue weighted by atomic mass is 9.81. The summed E-state index contributed by atoms with van der Waals surface area (Å²) < 4.78 is 0. The van der Waals surface area contributed by atoms with Gasteiger partial charge in [0.25, 0.3) is 0 Å². The van der Waals surface area contributed by atoms with E-state index in [0.717, 1.165) is 38.3 Å². The van der Waals surface area contributed by atoms with E-state index in [-0.39, 0.29) is 6.04 Å². The summed E-state index contributed by atoms with van der Waals surface area (Å²) >= 11 is 0. The zero-order valence-electron chi connectivity index (χ0n) is 8.99. The van der Waals surface area contributed by atoms with Crippen LogP contribution in [0.5, 0.6) is 0 Å². The lowest BCUT2D eigenvalue weighted by molar-refractivity contribution is -0.152. The van der Waals surface area contributed by atoms with Crippen LogP contribution < -0.4 is 0 Å². The van der Waals surface area contributed by atoms with Crippen molar-refractivity contribution in [1.82, 2.24) is 4.90 Å². The highest BCUT2D eigenvalue weighted by atomic mass is 16.4. The lowest BCUT2D eigenvalue weighted by Gasteiger charge is -2.46. The Morgan fingerprint density at radius 2 is 2.14 bits per heavy atom. The van der Waals surface area contributed by atoms with Crippen molar-refractivity contribution in [3.05, 3.63) is 0 Å². The summed E-state index contributed by atoms with van der Waals surface area (Å²) in [4.78, 5) is 13.6. The van der Waals surface area contributed by atoms with Crippen molar-refractivity contribution in [2.24, 2.45) is 11.3 Å². The van der Waals surface area contributed by atoms with Crippen LogP contribution >= 0.6 is 0 Å². The largest absolute Gasteiger partial charge is 0.481 e. The van der Waals surface area contributed by atoms with Crippen LogP contribution in [-0.4, -0.2) is 35.1 Å². The first kappa shape index (κ1) is 9.97. The topological polar surface area (TPSA) is 40.5 Å². The molecule has 1 aliphatic heterocycles. The lowest BCUT2D eigenvalue weighted by Crippen LogP contribution is -2.56. The van der Waals surface area contributed by atoms with Gasteiger partial charge in [0.2, 0.25) is 0 Å². The van der Waals surface area contributed by atoms with E-state index in [4.69, 9.17) is 0 Å². The molecule has 0 spiro atoms. The van der Waals surface area contributed by atoms with Crippen LogP contribution in [0.4, 0.5) is 0 Å². The molecule has 1 heterocycles. The van der Waals surface area contributed by atoms with E-state index in [9.17, 15) is 9.90 Å². The molecule has 3 heteroatoms. The molecule has 0 amide bonds. The van der Waals surface area contributed by atoms with Gasteiger partial charge in [-0.25, -0.2) is 0 Å². The molecule has 1 saturated carbocycles. The van der Waals surface area contributed by atoms with Crippen molar-refractivity contribution >= 4 is 5.97 Å². The maximum absolute atomic E-state index is 11.2. The predicted molar refractivity (Wildman–Crippen MR) is 54.1 cm³/mol. The molecule has 0 aromatic carbocycles. The van der Waals surface area contributed by atoms with E-state index in [1.807, 2.05) is 6.92 Å². The molecule has 0 bridgehead atoms. The minimum absolute atomic E-state index is 0.288. The predicted octanol–water partition coefficient (Wildman–Crippen LogP) is 1.58. The summed E-state index contributed by atoms with van der Waals surface area (Å²) in [5.74, 6) is 0.146. The molecule has 1 N–H and O–H groups in total. The molecule has 0 aromatic rings. The fraction of sp³-hybridized carbons (Fsp3) is 0.909. The van der Waals surface area contributed by atoms with Crippen LogP contribution in [0.25, 0.3) is 0 Å². The zero-order chi connectivity index (χ0) is 10.3. The van der Waals surface area contributed by atoms with Crippen molar-refractivity contribution < 1.29 is 9.90 Å². The van der Waals surface area contributed by atoms with E-state index < -0.39 is 11.4 Å². The molecule has 2 rings (SSSR count). The van der Waals surface area contributed by atoms with Crippen LogP contribution in [0.3, 0.4) is 0 Å². The number of carboxylic acid groups (broad SMARTS) is 1. The molecule has 0 radical (unpaired) electrons. The second-order valence-corrected chi connectivity index (χ2v) is 5.19. The molecule has 2 aliphatic rings. The first-order chi connectivity index (χ1) is 6.54. The number of likely N-dealkylation sites (tertiary alicyclic amines) is 1. The standard InChI is InChI=1S/C11H19NO2/c1-8-6-12(7-8)9-4-3-5-11(9,2)10(13)14/h8-9H,3-7H2,1-2H3,(H,13,14). The molecular weight excluding hydrogens is 178 g/mol. The monoisotopic (exact) mass is 197 g/mol. The number of rotatable bonds is 2. The van der Waals surface area contributed by atoms with Gasteiger partial charge >= 0.3 is 5.97 Å². The van der Waals surface area contributed by atoms with Crippen LogP contribution in [0.15, 0.2) is 0 Å². The second kappa shape index (κ2) is 3.23. The second-order valence-electron chi connectivity index (χ2n) is 5.19. The Kier molecular flexibility index (Phi) is 2.30. The Morgan fingerprint density at radius 1 is 1.50 bits per heavy atom. The Labute approximate surface area is 85.1 Å². The molecule has 2 atom stereocenters. The molecule has 80 valence electrons. The SMILES string of the molecule is CC1CN(C2CCCC2(C)C(=O)O)C1. The number of nitrogens with zero attached hydrogens (tertiary/aromatic N) is 1. The van der Waals surface area contributed by atoms with Crippen molar-refractivity contribution in [2.75, 3.05) is 13.1 Å². The number of hydrogen-bond acceptors (Lipinski definition) is 2. The summed E-state index contributed by atoms with van der Waals surface area (Å²) in [5, 5.41) is 9.25. The molecular formula is C11H19NO2. The summed E-state index contributed by atoms with van der Waals surface area (Å²) in [6.45, 7) is 6.32. The Balaban J connectivity index is 2.07. The fourth-order valence-corrected chi connectivity index (χ4v) is 2.98. The first-order valence-electron chi connectivity index (χ1n) is 5.51. The highest BCUT2D eigenvalue weighted by Gasteiger charge is 2.49. The van der Waals surface area contributed by atoms with E-state index >= 15 is 0 Å². The number of aliphatic carboxylic acids is 1. The summed E-state index contributed by atoms with van der Waals surface area (Å²) in [5.41, 5.74) is -0.486. The van der Waals surface area contributed by atoms with Gasteiger partial charge in [-0.1, -0.05) is 13.3 Å². The Hall–Kier alpha value is -0.570. The van der Waals surface area contributed by atoms with Crippen molar-refractivity contribution in [3.8, 4) is 0 Å². The van der Waals surface area contributed by atoms with Gasteiger partial charge in [0.05, 0.1) is 5.41 Å². The molecule has 3 nitrogen and oxygen atoms in total. The number of carbonyl (C=O) groups is 1. The summed E-state index contributed by atoms with van der Waals surface area (Å²) in [6, 6.07) is 0.288. The van der Waals surface area contributed by atoms with Crippen molar-refractivity contribution in [3.63, 3.8) is 0 Å².